The van der Waals surface area contributed by atoms with E-state index in [-0.39, 0.29) is 17.9 Å². The summed E-state index contributed by atoms with van der Waals surface area (Å²) in [4.78, 5) is 50.5. The number of allylic oxidation sites excluding steroid dienone is 2. The maximum atomic E-state index is 13.8. The van der Waals surface area contributed by atoms with Gasteiger partial charge in [-0.15, -0.1) is 0 Å². The number of esters is 1. The lowest BCUT2D eigenvalue weighted by Gasteiger charge is -2.31. The van der Waals surface area contributed by atoms with E-state index >= 15 is 0 Å². The average molecular weight is 567 g/mol. The average Bonchev–Trinajstić information content (AvgIpc) is 2.97. The third-order valence-electron chi connectivity index (χ3n) is 7.06. The topological polar surface area (TPSA) is 126 Å². The van der Waals surface area contributed by atoms with Gasteiger partial charge in [0.25, 0.3) is 5.91 Å². The molecule has 3 N–H and O–H groups in total. The maximum absolute atomic E-state index is 13.8. The van der Waals surface area contributed by atoms with Crippen LogP contribution in [0.4, 0.5) is 5.69 Å². The van der Waals surface area contributed by atoms with Crippen molar-refractivity contribution < 1.29 is 23.9 Å². The van der Waals surface area contributed by atoms with Crippen molar-refractivity contribution in [2.75, 3.05) is 12.4 Å². The summed E-state index contributed by atoms with van der Waals surface area (Å²) < 4.78 is 5.13. The third-order valence-corrected chi connectivity index (χ3v) is 7.06. The molecule has 0 aliphatic carbocycles. The molecule has 2 heterocycles. The van der Waals surface area contributed by atoms with Crippen LogP contribution in [0.3, 0.4) is 0 Å². The first-order chi connectivity index (χ1) is 20.2. The van der Waals surface area contributed by atoms with Crippen LogP contribution in [-0.2, 0) is 23.9 Å². The number of carbonyl (C=O) groups excluding carboxylic acids is 4. The number of anilines is 1. The minimum Gasteiger partial charge on any atom is -0.466 e. The number of rotatable bonds is 8. The smallest absolute Gasteiger partial charge is 0.336 e. The van der Waals surface area contributed by atoms with Gasteiger partial charge in [-0.3, -0.25) is 14.4 Å². The number of ether oxygens (including phenoxy) is 1. The number of carbonyl (C=O) groups is 4. The monoisotopic (exact) mass is 566 g/mol. The highest BCUT2D eigenvalue weighted by molar-refractivity contribution is 6.49. The number of nitrogens with zero attached hydrogens (tertiary/aromatic N) is 1. The van der Waals surface area contributed by atoms with E-state index in [4.69, 9.17) is 4.74 Å². The van der Waals surface area contributed by atoms with Crippen LogP contribution in [0.1, 0.15) is 75.5 Å². The van der Waals surface area contributed by atoms with Gasteiger partial charge in [0, 0.05) is 40.2 Å². The zero-order chi connectivity index (χ0) is 30.2. The predicted octanol–water partition coefficient (Wildman–Crippen LogP) is 4.46. The van der Waals surface area contributed by atoms with Crippen molar-refractivity contribution in [3.8, 4) is 11.8 Å². The lowest BCUT2D eigenvalue weighted by molar-refractivity contribution is -0.136. The van der Waals surface area contributed by atoms with E-state index in [1.54, 1.807) is 38.1 Å². The van der Waals surface area contributed by atoms with Crippen LogP contribution in [0.5, 0.6) is 0 Å². The highest BCUT2D eigenvalue weighted by atomic mass is 16.5. The lowest BCUT2D eigenvalue weighted by Crippen LogP contribution is -2.34. The number of amides is 2. The fraction of sp³-hybridized carbons (Fsp3) is 0.303. The molecule has 0 fully saturated rings. The Kier molecular flexibility index (Phi) is 9.71. The molecule has 0 radical (unpaired) electrons. The number of nitrogens with one attached hydrogen (secondary N) is 3. The molecule has 216 valence electrons. The first kappa shape index (κ1) is 30.0. The summed E-state index contributed by atoms with van der Waals surface area (Å²) in [6.45, 7) is 5.73. The number of dihydropyridines is 1. The molecule has 1 atom stereocenters. The molecule has 0 saturated carbocycles. The van der Waals surface area contributed by atoms with Gasteiger partial charge in [-0.1, -0.05) is 55.9 Å². The highest BCUT2D eigenvalue weighted by Crippen LogP contribution is 2.39. The van der Waals surface area contributed by atoms with Gasteiger partial charge < -0.3 is 15.4 Å². The molecule has 2 amide bonds. The molecule has 2 aliphatic heterocycles. The van der Waals surface area contributed by atoms with Crippen molar-refractivity contribution in [1.82, 2.24) is 10.7 Å². The number of hydrogen-bond donors (Lipinski definition) is 3. The number of methoxy groups -OCH3 is 1. The van der Waals surface area contributed by atoms with Crippen LogP contribution in [-0.4, -0.2) is 36.4 Å². The van der Waals surface area contributed by atoms with Crippen molar-refractivity contribution in [3.05, 3.63) is 87.8 Å². The second-order valence-corrected chi connectivity index (χ2v) is 10.1. The standard InChI is InChI=1S/C33H34N4O5/c1-5-6-7-8-9-11-22-12-10-13-24(18-22)30-28(20(2)34-21(3)29(30)33(41)42-4)32(40)35-25-16-14-23(15-17-25)31-26(38)19-27(39)36-37-31/h10,12-18,30,34H,5-8,19H2,1-4H3,(H,35,40)(H,36,39). The number of hydrogen-bond acceptors (Lipinski definition) is 7. The van der Waals surface area contributed by atoms with Gasteiger partial charge >= 0.3 is 5.97 Å². The van der Waals surface area contributed by atoms with E-state index < -0.39 is 23.7 Å². The van der Waals surface area contributed by atoms with Crippen LogP contribution >= 0.6 is 0 Å². The normalized spacial score (nSPS) is 16.6. The third kappa shape index (κ3) is 6.84. The number of Topliss-reactive ketones (excluding diaryl/α,β-unsaturated/α-hetero) is 1. The Morgan fingerprint density at radius 1 is 1.05 bits per heavy atom. The van der Waals surface area contributed by atoms with E-state index in [2.05, 4.69) is 39.9 Å². The summed E-state index contributed by atoms with van der Waals surface area (Å²) in [6.07, 6.45) is 3.84. The van der Waals surface area contributed by atoms with Gasteiger partial charge in [0.05, 0.1) is 25.0 Å². The Labute approximate surface area is 245 Å². The van der Waals surface area contributed by atoms with Gasteiger partial charge in [-0.2, -0.15) is 5.10 Å². The highest BCUT2D eigenvalue weighted by Gasteiger charge is 2.37. The molecule has 9 nitrogen and oxygen atoms in total. The van der Waals surface area contributed by atoms with Gasteiger partial charge in [-0.25, -0.2) is 10.2 Å². The van der Waals surface area contributed by atoms with Gasteiger partial charge in [0.15, 0.2) is 5.78 Å². The lowest BCUT2D eigenvalue weighted by atomic mass is 9.79. The fourth-order valence-corrected chi connectivity index (χ4v) is 5.02. The molecule has 0 spiro atoms. The second-order valence-electron chi connectivity index (χ2n) is 10.1. The molecule has 9 heteroatoms. The van der Waals surface area contributed by atoms with Crippen LogP contribution in [0.2, 0.25) is 0 Å². The zero-order valence-electron chi connectivity index (χ0n) is 24.2. The van der Waals surface area contributed by atoms with Crippen LogP contribution in [0.25, 0.3) is 0 Å². The van der Waals surface area contributed by atoms with E-state index in [1.165, 1.54) is 7.11 Å². The summed E-state index contributed by atoms with van der Waals surface area (Å²) in [5.41, 5.74) is 6.93. The van der Waals surface area contributed by atoms with Crippen molar-refractivity contribution in [1.29, 1.82) is 0 Å². The minimum atomic E-state index is -0.697. The first-order valence-electron chi connectivity index (χ1n) is 13.9. The van der Waals surface area contributed by atoms with E-state index in [0.717, 1.165) is 36.8 Å². The number of hydrazone groups is 1. The van der Waals surface area contributed by atoms with E-state index in [0.29, 0.717) is 33.8 Å². The summed E-state index contributed by atoms with van der Waals surface area (Å²) in [5, 5.41) is 9.95. The molecule has 1 unspecified atom stereocenters. The zero-order valence-corrected chi connectivity index (χ0v) is 24.2. The minimum absolute atomic E-state index is 0.152. The fourth-order valence-electron chi connectivity index (χ4n) is 5.02. The quantitative estimate of drug-likeness (QED) is 0.188. The molecule has 42 heavy (non-hydrogen) atoms. The van der Waals surface area contributed by atoms with Crippen LogP contribution in [0, 0.1) is 11.8 Å². The molecule has 0 bridgehead atoms. The number of ketones is 1. The molecular formula is C33H34N4O5. The first-order valence-corrected chi connectivity index (χ1v) is 13.9. The Bertz CT molecular complexity index is 1570. The van der Waals surface area contributed by atoms with Crippen molar-refractivity contribution >= 4 is 35.0 Å². The summed E-state index contributed by atoms with van der Waals surface area (Å²) in [5.74, 6) is 3.97. The summed E-state index contributed by atoms with van der Waals surface area (Å²) in [6, 6.07) is 14.2. The van der Waals surface area contributed by atoms with Crippen molar-refractivity contribution in [3.63, 3.8) is 0 Å². The molecular weight excluding hydrogens is 532 g/mol. The predicted molar refractivity (Wildman–Crippen MR) is 160 cm³/mol. The Hall–Kier alpha value is -4.97. The van der Waals surface area contributed by atoms with Crippen LogP contribution < -0.4 is 16.1 Å². The second kappa shape index (κ2) is 13.6. The number of benzene rings is 2. The molecule has 4 rings (SSSR count). The molecule has 2 aromatic carbocycles. The largest absolute Gasteiger partial charge is 0.466 e. The Morgan fingerprint density at radius 2 is 1.79 bits per heavy atom. The summed E-state index contributed by atoms with van der Waals surface area (Å²) in [7, 11) is 1.32. The van der Waals surface area contributed by atoms with E-state index in [9.17, 15) is 19.2 Å². The molecule has 0 aromatic heterocycles. The van der Waals surface area contributed by atoms with Crippen molar-refractivity contribution in [2.45, 2.75) is 58.8 Å². The van der Waals surface area contributed by atoms with Gasteiger partial charge in [0.2, 0.25) is 5.91 Å². The van der Waals surface area contributed by atoms with E-state index in [1.807, 2.05) is 24.3 Å². The SMILES string of the molecule is CCCCCC#Cc1cccc(C2C(C(=O)Nc3ccc(C4=NNC(=O)CC4=O)cc3)=C(C)NC(C)=C2C(=O)OC)c1. The van der Waals surface area contributed by atoms with Crippen molar-refractivity contribution in [2.24, 2.45) is 5.10 Å². The maximum Gasteiger partial charge on any atom is 0.336 e. The van der Waals surface area contributed by atoms with Crippen LogP contribution in [0.15, 0.2) is 76.2 Å². The Balaban J connectivity index is 1.64. The molecule has 2 aromatic rings. The summed E-state index contributed by atoms with van der Waals surface area (Å²) >= 11 is 0. The molecule has 2 aliphatic rings. The number of unbranched alkanes of at least 4 members (excludes halogenated alkanes) is 3. The Morgan fingerprint density at radius 3 is 2.48 bits per heavy atom. The molecule has 0 saturated heterocycles. The van der Waals surface area contributed by atoms with Gasteiger partial charge in [0.1, 0.15) is 5.71 Å². The van der Waals surface area contributed by atoms with Gasteiger partial charge in [-0.05, 0) is 50.1 Å².